The van der Waals surface area contributed by atoms with Gasteiger partial charge in [0.1, 0.15) is 5.02 Å². The average molecular weight is 308 g/mol. The Hall–Kier alpha value is -1.67. The molecule has 1 heterocycles. The minimum absolute atomic E-state index is 0.0223. The summed E-state index contributed by atoms with van der Waals surface area (Å²) in [6, 6.07) is 5.24. The highest BCUT2D eigenvalue weighted by molar-refractivity contribution is 7.91. The molecule has 5 nitrogen and oxygen atoms in total. The van der Waals surface area contributed by atoms with Gasteiger partial charge in [-0.15, -0.1) is 5.10 Å². The highest BCUT2D eigenvalue weighted by Gasteiger charge is 2.29. The number of halogens is 3. The number of hydrogen-bond acceptors (Lipinski definition) is 4. The van der Waals surface area contributed by atoms with Gasteiger partial charge in [-0.1, -0.05) is 23.7 Å². The summed E-state index contributed by atoms with van der Waals surface area (Å²) in [6.07, 6.45) is 1.25. The molecule has 0 aliphatic rings. The molecule has 0 aliphatic carbocycles. The molecule has 0 amide bonds. The van der Waals surface area contributed by atoms with Crippen LogP contribution in [0, 0.1) is 0 Å². The number of aromatic nitrogens is 2. The zero-order valence-electron chi connectivity index (χ0n) is 9.29. The highest BCUT2D eigenvalue weighted by atomic mass is 35.5. The van der Waals surface area contributed by atoms with Gasteiger partial charge in [0.2, 0.25) is 9.84 Å². The van der Waals surface area contributed by atoms with E-state index in [-0.39, 0.29) is 16.5 Å². The molecular weight excluding hydrogens is 300 g/mol. The predicted molar refractivity (Wildman–Crippen MR) is 66.2 cm³/mol. The molecule has 0 saturated carbocycles. The van der Waals surface area contributed by atoms with Crippen LogP contribution in [0.2, 0.25) is 5.02 Å². The molecule has 9 heteroatoms. The molecule has 0 fully saturated rings. The van der Waals surface area contributed by atoms with E-state index in [0.717, 1.165) is 10.7 Å². The third kappa shape index (κ3) is 2.41. The van der Waals surface area contributed by atoms with Gasteiger partial charge in [0.15, 0.2) is 5.82 Å². The molecule has 0 atom stereocenters. The van der Waals surface area contributed by atoms with E-state index < -0.39 is 20.5 Å². The van der Waals surface area contributed by atoms with Crippen LogP contribution in [-0.4, -0.2) is 24.0 Å². The highest BCUT2D eigenvalue weighted by Crippen LogP contribution is 2.26. The number of sulfone groups is 1. The first-order valence-electron chi connectivity index (χ1n) is 4.96. The zero-order valence-corrected chi connectivity index (χ0v) is 10.9. The third-order valence-electron chi connectivity index (χ3n) is 2.35. The number of hydrogen-bond donors (Lipinski definition) is 1. The van der Waals surface area contributed by atoms with Crippen LogP contribution in [0.5, 0.6) is 0 Å². The van der Waals surface area contributed by atoms with E-state index in [9.17, 15) is 17.2 Å². The van der Waals surface area contributed by atoms with Crippen LogP contribution in [-0.2, 0) is 9.84 Å². The van der Waals surface area contributed by atoms with Crippen molar-refractivity contribution in [1.82, 2.24) is 9.78 Å². The quantitative estimate of drug-likeness (QED) is 0.942. The molecule has 0 radical (unpaired) electrons. The summed E-state index contributed by atoms with van der Waals surface area (Å²) in [6.45, 7) is 0. The van der Waals surface area contributed by atoms with Gasteiger partial charge in [0.05, 0.1) is 16.8 Å². The predicted octanol–water partition coefficient (Wildman–Crippen LogP) is 2.10. The zero-order chi connectivity index (χ0) is 14.2. The van der Waals surface area contributed by atoms with E-state index in [0.29, 0.717) is 0 Å². The fourth-order valence-corrected chi connectivity index (χ4v) is 2.52. The molecule has 1 aromatic heterocycles. The van der Waals surface area contributed by atoms with Crippen LogP contribution in [0.3, 0.4) is 0 Å². The molecular formula is C10H8ClF2N3O2S. The van der Waals surface area contributed by atoms with Gasteiger partial charge in [-0.3, -0.25) is 0 Å². The van der Waals surface area contributed by atoms with Crippen molar-refractivity contribution in [3.63, 3.8) is 0 Å². The molecule has 2 rings (SSSR count). The van der Waals surface area contributed by atoms with Crippen LogP contribution in [0.4, 0.5) is 14.6 Å². The fraction of sp³-hybridized carbons (Fsp3) is 0.100. The van der Waals surface area contributed by atoms with Crippen molar-refractivity contribution in [1.29, 1.82) is 0 Å². The maximum atomic E-state index is 12.6. The smallest absolute Gasteiger partial charge is 0.341 e. The van der Waals surface area contributed by atoms with Crippen molar-refractivity contribution >= 4 is 27.3 Å². The monoisotopic (exact) mass is 307 g/mol. The summed E-state index contributed by atoms with van der Waals surface area (Å²) in [7, 11) is -4.74. The lowest BCUT2D eigenvalue weighted by atomic mass is 10.3. The van der Waals surface area contributed by atoms with Crippen molar-refractivity contribution in [2.24, 2.45) is 0 Å². The van der Waals surface area contributed by atoms with Crippen LogP contribution in [0.15, 0.2) is 35.4 Å². The molecule has 1 aromatic carbocycles. The Morgan fingerprint density at radius 2 is 1.95 bits per heavy atom. The minimum Gasteiger partial charge on any atom is -0.381 e. The molecule has 2 N–H and O–H groups in total. The molecule has 19 heavy (non-hydrogen) atoms. The summed E-state index contributed by atoms with van der Waals surface area (Å²) in [5.41, 5.74) is 5.40. The van der Waals surface area contributed by atoms with Crippen LogP contribution in [0.25, 0.3) is 5.69 Å². The molecule has 2 aromatic rings. The summed E-state index contributed by atoms with van der Waals surface area (Å²) < 4.78 is 49.4. The number of nitrogens with zero attached hydrogens (tertiary/aromatic N) is 2. The average Bonchev–Trinajstić information content (AvgIpc) is 2.69. The van der Waals surface area contributed by atoms with Gasteiger partial charge in [0, 0.05) is 0 Å². The number of benzene rings is 1. The maximum Gasteiger partial charge on any atom is 0.341 e. The summed E-state index contributed by atoms with van der Waals surface area (Å²) >= 11 is 5.70. The lowest BCUT2D eigenvalue weighted by Crippen LogP contribution is -2.14. The van der Waals surface area contributed by atoms with Crippen LogP contribution < -0.4 is 5.73 Å². The molecule has 0 aliphatic heterocycles. The van der Waals surface area contributed by atoms with E-state index in [1.165, 1.54) is 24.4 Å². The molecule has 102 valence electrons. The van der Waals surface area contributed by atoms with Crippen molar-refractivity contribution in [2.75, 3.05) is 5.73 Å². The summed E-state index contributed by atoms with van der Waals surface area (Å²) in [4.78, 5) is -0.538. The number of rotatable bonds is 3. The first kappa shape index (κ1) is 13.8. The minimum atomic E-state index is -4.74. The van der Waals surface area contributed by atoms with E-state index in [1.807, 2.05) is 0 Å². The first-order valence-corrected chi connectivity index (χ1v) is 6.88. The standard InChI is InChI=1S/C10H8ClF2N3O2S/c11-6-5-16(15-9(6)14)7-3-1-2-4-8(7)19(17,18)10(12)13/h1-5,10H,(H2,14,15). The molecule has 0 saturated heterocycles. The van der Waals surface area contributed by atoms with E-state index in [4.69, 9.17) is 17.3 Å². The Balaban J connectivity index is 2.67. The fourth-order valence-electron chi connectivity index (χ4n) is 1.47. The Bertz CT molecular complexity index is 696. The normalized spacial score (nSPS) is 12.0. The van der Waals surface area contributed by atoms with E-state index >= 15 is 0 Å². The van der Waals surface area contributed by atoms with E-state index in [2.05, 4.69) is 5.10 Å². The number of alkyl halides is 2. The van der Waals surface area contributed by atoms with Gasteiger partial charge in [-0.2, -0.15) is 8.78 Å². The number of nitrogen functional groups attached to an aromatic ring is 1. The second kappa shape index (κ2) is 4.78. The van der Waals surface area contributed by atoms with Gasteiger partial charge in [0.25, 0.3) is 0 Å². The number of anilines is 1. The lowest BCUT2D eigenvalue weighted by molar-refractivity contribution is 0.234. The second-order valence-electron chi connectivity index (χ2n) is 3.58. The summed E-state index contributed by atoms with van der Waals surface area (Å²) in [5.74, 6) is -3.54. The second-order valence-corrected chi connectivity index (χ2v) is 5.87. The van der Waals surface area contributed by atoms with Crippen LogP contribution in [0.1, 0.15) is 0 Å². The molecule has 0 spiro atoms. The van der Waals surface area contributed by atoms with Crippen molar-refractivity contribution in [2.45, 2.75) is 10.7 Å². The van der Waals surface area contributed by atoms with Gasteiger partial charge in [-0.25, -0.2) is 13.1 Å². The van der Waals surface area contributed by atoms with Crippen molar-refractivity contribution < 1.29 is 17.2 Å². The molecule has 0 unspecified atom stereocenters. The topological polar surface area (TPSA) is 78.0 Å². The number of para-hydroxylation sites is 1. The van der Waals surface area contributed by atoms with Crippen molar-refractivity contribution in [3.05, 3.63) is 35.5 Å². The van der Waals surface area contributed by atoms with E-state index in [1.54, 1.807) is 0 Å². The van der Waals surface area contributed by atoms with Gasteiger partial charge in [-0.05, 0) is 12.1 Å². The third-order valence-corrected chi connectivity index (χ3v) is 4.07. The van der Waals surface area contributed by atoms with Crippen molar-refractivity contribution in [3.8, 4) is 5.69 Å². The Labute approximate surface area is 112 Å². The Kier molecular flexibility index (Phi) is 3.46. The summed E-state index contributed by atoms with van der Waals surface area (Å²) in [5, 5.41) is 3.87. The Morgan fingerprint density at radius 1 is 1.32 bits per heavy atom. The van der Waals surface area contributed by atoms with Gasteiger partial charge >= 0.3 is 5.76 Å². The lowest BCUT2D eigenvalue weighted by Gasteiger charge is -2.09. The van der Waals surface area contributed by atoms with Gasteiger partial charge < -0.3 is 5.73 Å². The first-order chi connectivity index (χ1) is 8.84. The van der Waals surface area contributed by atoms with Crippen LogP contribution >= 0.6 is 11.6 Å². The molecule has 0 bridgehead atoms. The maximum absolute atomic E-state index is 12.6. The Morgan fingerprint density at radius 3 is 2.47 bits per heavy atom. The largest absolute Gasteiger partial charge is 0.381 e. The SMILES string of the molecule is Nc1nn(-c2ccccc2S(=O)(=O)C(F)F)cc1Cl. The number of nitrogens with two attached hydrogens (primary N) is 1.